The predicted molar refractivity (Wildman–Crippen MR) is 66.5 cm³/mol. The molecule has 0 spiro atoms. The number of thioether (sulfide) groups is 1. The number of carbonyl (C=O) groups is 2. The van der Waals surface area contributed by atoms with Gasteiger partial charge in [-0.2, -0.15) is 13.2 Å². The number of hydrogen-bond acceptors (Lipinski definition) is 3. The highest BCUT2D eigenvalue weighted by Crippen LogP contribution is 2.30. The zero-order valence-corrected chi connectivity index (χ0v) is 11.6. The van der Waals surface area contributed by atoms with Gasteiger partial charge in [0.1, 0.15) is 12.1 Å². The molecule has 2 atom stereocenters. The minimum Gasteiger partial charge on any atom is -0.343 e. The van der Waals surface area contributed by atoms with Crippen LogP contribution in [0.5, 0.6) is 0 Å². The van der Waals surface area contributed by atoms with Gasteiger partial charge in [-0.05, 0) is 25.1 Å². The van der Waals surface area contributed by atoms with Crippen molar-refractivity contribution in [3.63, 3.8) is 0 Å². The molecule has 0 aromatic carbocycles. The highest BCUT2D eigenvalue weighted by Gasteiger charge is 2.38. The van der Waals surface area contributed by atoms with Crippen molar-refractivity contribution in [2.45, 2.75) is 44.3 Å². The van der Waals surface area contributed by atoms with Gasteiger partial charge in [0.05, 0.1) is 0 Å². The van der Waals surface area contributed by atoms with Crippen molar-refractivity contribution in [1.29, 1.82) is 0 Å². The summed E-state index contributed by atoms with van der Waals surface area (Å²) in [5.41, 5.74) is -4.31. The molecule has 4 nitrogen and oxygen atoms in total. The molecule has 19 heavy (non-hydrogen) atoms. The monoisotopic (exact) mass is 298 g/mol. The number of halogens is 3. The number of nitrogens with one attached hydrogen (secondary N) is 1. The highest BCUT2D eigenvalue weighted by molar-refractivity contribution is 8.00. The Morgan fingerprint density at radius 1 is 1.37 bits per heavy atom. The number of rotatable bonds is 5. The Balaban J connectivity index is 2.67. The van der Waals surface area contributed by atoms with E-state index in [-0.39, 0.29) is 35.9 Å². The molecule has 1 aliphatic heterocycles. The molecule has 0 saturated carbocycles. The van der Waals surface area contributed by atoms with E-state index in [4.69, 9.17) is 0 Å². The van der Waals surface area contributed by atoms with Crippen molar-refractivity contribution >= 4 is 23.6 Å². The normalized spacial score (nSPS) is 24.6. The Kier molecular flexibility index (Phi) is 5.51. The molecule has 1 N–H and O–H groups in total. The molecular formula is C11H17F3N2O2S. The first-order valence-corrected chi connectivity index (χ1v) is 7.06. The third kappa shape index (κ3) is 4.59. The van der Waals surface area contributed by atoms with E-state index < -0.39 is 17.6 Å². The lowest BCUT2D eigenvalue weighted by Gasteiger charge is -2.37. The maximum Gasteiger partial charge on any atom is 0.441 e. The third-order valence-corrected chi connectivity index (χ3v) is 3.57. The molecule has 1 heterocycles. The molecule has 2 unspecified atom stereocenters. The zero-order valence-electron chi connectivity index (χ0n) is 10.8. The summed E-state index contributed by atoms with van der Waals surface area (Å²) in [7, 11) is 0. The highest BCUT2D eigenvalue weighted by atomic mass is 32.2. The summed E-state index contributed by atoms with van der Waals surface area (Å²) in [6.45, 7) is 3.33. The molecule has 0 aromatic heterocycles. The Hall–Kier alpha value is -0.920. The average Bonchev–Trinajstić information content (AvgIpc) is 2.28. The van der Waals surface area contributed by atoms with Crippen LogP contribution in [0.25, 0.3) is 0 Å². The van der Waals surface area contributed by atoms with Crippen LogP contribution in [-0.2, 0) is 9.59 Å². The van der Waals surface area contributed by atoms with E-state index in [0.29, 0.717) is 12.8 Å². The second kappa shape index (κ2) is 6.49. The standard InChI is InChI=1S/C11H17F3N2O2S/c1-3-4-8-9(17)15-7(2)10(18)16(8)5-6-19-11(12,13)14/h7-8H,3-6H2,1-2H3,(H,15,17). The number of alkyl halides is 3. The maximum atomic E-state index is 12.1. The number of carbonyl (C=O) groups excluding carboxylic acids is 2. The number of amides is 2. The summed E-state index contributed by atoms with van der Waals surface area (Å²) in [5, 5.41) is 2.54. The van der Waals surface area contributed by atoms with Gasteiger partial charge in [-0.25, -0.2) is 0 Å². The van der Waals surface area contributed by atoms with Gasteiger partial charge in [0, 0.05) is 12.3 Å². The molecule has 0 radical (unpaired) electrons. The van der Waals surface area contributed by atoms with E-state index in [0.717, 1.165) is 0 Å². The first-order valence-electron chi connectivity index (χ1n) is 6.07. The van der Waals surface area contributed by atoms with Crippen molar-refractivity contribution in [2.24, 2.45) is 0 Å². The van der Waals surface area contributed by atoms with Crippen LogP contribution in [0.15, 0.2) is 0 Å². The van der Waals surface area contributed by atoms with Gasteiger partial charge in [0.25, 0.3) is 0 Å². The second-order valence-electron chi connectivity index (χ2n) is 4.36. The molecular weight excluding hydrogens is 281 g/mol. The van der Waals surface area contributed by atoms with E-state index in [1.54, 1.807) is 0 Å². The lowest BCUT2D eigenvalue weighted by Crippen LogP contribution is -2.62. The van der Waals surface area contributed by atoms with Gasteiger partial charge in [0.15, 0.2) is 0 Å². The van der Waals surface area contributed by atoms with Crippen LogP contribution in [0.3, 0.4) is 0 Å². The van der Waals surface area contributed by atoms with Crippen molar-refractivity contribution in [2.75, 3.05) is 12.3 Å². The largest absolute Gasteiger partial charge is 0.441 e. The number of piperazine rings is 1. The van der Waals surface area contributed by atoms with Crippen LogP contribution in [-0.4, -0.2) is 46.6 Å². The Morgan fingerprint density at radius 2 is 2.00 bits per heavy atom. The van der Waals surface area contributed by atoms with Crippen LogP contribution in [0.4, 0.5) is 13.2 Å². The molecule has 0 aromatic rings. The van der Waals surface area contributed by atoms with Gasteiger partial charge in [-0.1, -0.05) is 13.3 Å². The van der Waals surface area contributed by atoms with Gasteiger partial charge in [-0.15, -0.1) is 0 Å². The molecule has 2 amide bonds. The average molecular weight is 298 g/mol. The predicted octanol–water partition coefficient (Wildman–Crippen LogP) is 1.76. The van der Waals surface area contributed by atoms with E-state index in [1.807, 2.05) is 6.92 Å². The van der Waals surface area contributed by atoms with Crippen LogP contribution in [0.1, 0.15) is 26.7 Å². The molecule has 8 heteroatoms. The smallest absolute Gasteiger partial charge is 0.343 e. The summed E-state index contributed by atoms with van der Waals surface area (Å²) in [5.74, 6) is -0.859. The minimum absolute atomic E-state index is 0.0641. The molecule has 1 aliphatic rings. The molecule has 0 bridgehead atoms. The Bertz CT molecular complexity index is 349. The van der Waals surface area contributed by atoms with Gasteiger partial charge < -0.3 is 10.2 Å². The zero-order chi connectivity index (χ0) is 14.6. The first kappa shape index (κ1) is 16.1. The quantitative estimate of drug-likeness (QED) is 0.841. The molecule has 0 aliphatic carbocycles. The molecule has 1 fully saturated rings. The van der Waals surface area contributed by atoms with Crippen molar-refractivity contribution in [1.82, 2.24) is 10.2 Å². The van der Waals surface area contributed by atoms with Crippen molar-refractivity contribution in [3.8, 4) is 0 Å². The summed E-state index contributed by atoms with van der Waals surface area (Å²) in [6, 6.07) is -1.32. The number of hydrogen-bond donors (Lipinski definition) is 1. The fourth-order valence-electron chi connectivity index (χ4n) is 2.00. The molecule has 110 valence electrons. The van der Waals surface area contributed by atoms with E-state index in [9.17, 15) is 22.8 Å². The van der Waals surface area contributed by atoms with Gasteiger partial charge in [-0.3, -0.25) is 9.59 Å². The summed E-state index contributed by atoms with van der Waals surface area (Å²) < 4.78 is 36.3. The molecule has 1 rings (SSSR count). The van der Waals surface area contributed by atoms with Crippen molar-refractivity contribution in [3.05, 3.63) is 0 Å². The minimum atomic E-state index is -4.31. The maximum absolute atomic E-state index is 12.1. The second-order valence-corrected chi connectivity index (χ2v) is 5.52. The first-order chi connectivity index (χ1) is 8.76. The lowest BCUT2D eigenvalue weighted by molar-refractivity contribution is -0.148. The summed E-state index contributed by atoms with van der Waals surface area (Å²) in [6.07, 6.45) is 1.14. The van der Waals surface area contributed by atoms with E-state index in [1.165, 1.54) is 11.8 Å². The Morgan fingerprint density at radius 3 is 2.53 bits per heavy atom. The fourth-order valence-corrected chi connectivity index (χ4v) is 2.52. The van der Waals surface area contributed by atoms with E-state index >= 15 is 0 Å². The third-order valence-electron chi connectivity index (χ3n) is 2.85. The van der Waals surface area contributed by atoms with Gasteiger partial charge >= 0.3 is 5.51 Å². The summed E-state index contributed by atoms with van der Waals surface area (Å²) >= 11 is -0.174. The number of nitrogens with zero attached hydrogens (tertiary/aromatic N) is 1. The van der Waals surface area contributed by atoms with Crippen LogP contribution < -0.4 is 5.32 Å². The lowest BCUT2D eigenvalue weighted by atomic mass is 10.0. The van der Waals surface area contributed by atoms with E-state index in [2.05, 4.69) is 5.32 Å². The SMILES string of the molecule is CCCC1C(=O)NC(C)C(=O)N1CCSC(F)(F)F. The Labute approximate surface area is 114 Å². The van der Waals surface area contributed by atoms with Crippen LogP contribution >= 0.6 is 11.8 Å². The van der Waals surface area contributed by atoms with Crippen LogP contribution in [0, 0.1) is 0 Å². The van der Waals surface area contributed by atoms with Crippen LogP contribution in [0.2, 0.25) is 0 Å². The van der Waals surface area contributed by atoms with Crippen molar-refractivity contribution < 1.29 is 22.8 Å². The fraction of sp³-hybridized carbons (Fsp3) is 0.818. The molecule has 1 saturated heterocycles. The summed E-state index contributed by atoms with van der Waals surface area (Å²) in [4.78, 5) is 25.0. The van der Waals surface area contributed by atoms with Gasteiger partial charge in [0.2, 0.25) is 11.8 Å². The topological polar surface area (TPSA) is 49.4 Å².